The van der Waals surface area contributed by atoms with E-state index in [1.165, 1.54) is 51.4 Å². The quantitative estimate of drug-likeness (QED) is 0.126. The molecule has 0 aliphatic heterocycles. The van der Waals surface area contributed by atoms with E-state index in [1.54, 1.807) is 0 Å². The van der Waals surface area contributed by atoms with Gasteiger partial charge >= 0.3 is 210 Å². The number of hydrogen-bond acceptors (Lipinski definition) is 4. The molecule has 35 heavy (non-hydrogen) atoms. The van der Waals surface area contributed by atoms with Crippen LogP contribution in [0, 0.1) is 0 Å². The molecule has 3 aromatic rings. The molecule has 0 atom stereocenters. The second-order valence-electron chi connectivity index (χ2n) is 8.78. The molecule has 4 nitrogen and oxygen atoms in total. The normalized spacial score (nSPS) is 11.2. The fourth-order valence-electron chi connectivity index (χ4n) is 3.84. The van der Waals surface area contributed by atoms with E-state index in [2.05, 4.69) is 6.92 Å². The van der Waals surface area contributed by atoms with E-state index in [1.807, 2.05) is 91.0 Å². The summed E-state index contributed by atoms with van der Waals surface area (Å²) in [7, 11) is 0. The number of unbranched alkanes of at least 4 members (excludes halogenated alkanes) is 9. The van der Waals surface area contributed by atoms with Crippen molar-refractivity contribution in [3.05, 3.63) is 91.0 Å². The van der Waals surface area contributed by atoms with Crippen LogP contribution in [0.4, 0.5) is 0 Å². The zero-order chi connectivity index (χ0) is 24.4. The summed E-state index contributed by atoms with van der Waals surface area (Å²) >= 11 is -4.26. The van der Waals surface area contributed by atoms with Crippen molar-refractivity contribution < 1.29 is 31.4 Å². The monoisotopic (exact) mass is 512 g/mol. The molecule has 3 aromatic carbocycles. The first-order valence-corrected chi connectivity index (χ1v) is 15.7. The van der Waals surface area contributed by atoms with Gasteiger partial charge in [0.1, 0.15) is 0 Å². The number of hydrogen-bond donors (Lipinski definition) is 0. The molecule has 188 valence electrons. The van der Waals surface area contributed by atoms with Crippen LogP contribution in [0.3, 0.4) is 0 Å². The van der Waals surface area contributed by atoms with Crippen molar-refractivity contribution in [3.63, 3.8) is 0 Å². The Morgan fingerprint density at radius 3 is 1.17 bits per heavy atom. The predicted molar refractivity (Wildman–Crippen MR) is 139 cm³/mol. The molecule has 0 bridgehead atoms. The van der Waals surface area contributed by atoms with Gasteiger partial charge in [0.25, 0.3) is 0 Å². The van der Waals surface area contributed by atoms with Crippen molar-refractivity contribution in [1.29, 1.82) is 0 Å². The van der Waals surface area contributed by atoms with Crippen LogP contribution in [0.1, 0.15) is 71.1 Å². The number of para-hydroxylation sites is 3. The maximum atomic E-state index is 6.43. The third kappa shape index (κ3) is 10.9. The van der Waals surface area contributed by atoms with Crippen molar-refractivity contribution in [3.8, 4) is 17.2 Å². The summed E-state index contributed by atoms with van der Waals surface area (Å²) in [5.41, 5.74) is 0. The van der Waals surface area contributed by atoms with Gasteiger partial charge in [0.05, 0.1) is 0 Å². The molecule has 0 heterocycles. The van der Waals surface area contributed by atoms with E-state index in [-0.39, 0.29) is 0 Å². The molecule has 0 fully saturated rings. The van der Waals surface area contributed by atoms with Crippen molar-refractivity contribution in [2.75, 3.05) is 6.61 Å². The standard InChI is InChI=1S/C12H25O.3C6H6O.Ti/c1-2-3-4-5-6-7-8-9-10-11-12-13;3*7-6-4-2-1-3-5-6;/h2-12H2,1H3;3*1-5,7H;/q-1;;;;+4/p-3. The van der Waals surface area contributed by atoms with Crippen LogP contribution in [0.25, 0.3) is 0 Å². The molecule has 0 radical (unpaired) electrons. The first-order valence-electron chi connectivity index (χ1n) is 13.2. The summed E-state index contributed by atoms with van der Waals surface area (Å²) in [6.45, 7) is 2.81. The van der Waals surface area contributed by atoms with Crippen LogP contribution in [0.2, 0.25) is 0 Å². The van der Waals surface area contributed by atoms with Gasteiger partial charge in [-0.3, -0.25) is 0 Å². The molecule has 0 N–H and O–H groups in total. The molecule has 3 rings (SSSR count). The third-order valence-corrected chi connectivity index (χ3v) is 8.88. The Morgan fingerprint density at radius 2 is 0.800 bits per heavy atom. The first-order chi connectivity index (χ1) is 17.3. The second kappa shape index (κ2) is 16.4. The molecule has 0 spiro atoms. The molecular weight excluding hydrogens is 472 g/mol. The molecule has 0 saturated carbocycles. The van der Waals surface area contributed by atoms with Crippen molar-refractivity contribution >= 4 is 0 Å². The van der Waals surface area contributed by atoms with Gasteiger partial charge in [-0.1, -0.05) is 6.92 Å². The van der Waals surface area contributed by atoms with Crippen LogP contribution in [-0.2, 0) is 21.5 Å². The van der Waals surface area contributed by atoms with E-state index in [4.69, 9.17) is 13.3 Å². The first kappa shape index (κ1) is 27.3. The average Bonchev–Trinajstić information content (AvgIpc) is 2.89. The zero-order valence-electron chi connectivity index (χ0n) is 21.1. The molecule has 0 aliphatic rings. The summed E-state index contributed by atoms with van der Waals surface area (Å²) in [4.78, 5) is 0. The molecule has 0 aromatic heterocycles. The average molecular weight is 513 g/mol. The summed E-state index contributed by atoms with van der Waals surface area (Å²) in [5, 5.41) is 0. The van der Waals surface area contributed by atoms with Gasteiger partial charge in [-0.15, -0.1) is 0 Å². The van der Waals surface area contributed by atoms with Gasteiger partial charge in [0.2, 0.25) is 0 Å². The molecule has 0 unspecified atom stereocenters. The van der Waals surface area contributed by atoms with Gasteiger partial charge < -0.3 is 0 Å². The van der Waals surface area contributed by atoms with Crippen LogP contribution in [-0.4, -0.2) is 6.61 Å². The Labute approximate surface area is 216 Å². The van der Waals surface area contributed by atoms with Gasteiger partial charge in [0.15, 0.2) is 0 Å². The van der Waals surface area contributed by atoms with Crippen LogP contribution >= 0.6 is 0 Å². The SMILES string of the molecule is CCCCCCCCCCCC[O][Ti]([O]c1ccccc1)([O]c1ccccc1)[O]c1ccccc1. The minimum atomic E-state index is -4.26. The molecule has 0 amide bonds. The summed E-state index contributed by atoms with van der Waals surface area (Å²) < 4.78 is 25.7. The van der Waals surface area contributed by atoms with Crippen molar-refractivity contribution in [2.24, 2.45) is 0 Å². The second-order valence-corrected chi connectivity index (χ2v) is 11.7. The predicted octanol–water partition coefficient (Wildman–Crippen LogP) is 8.97. The Morgan fingerprint density at radius 1 is 0.457 bits per heavy atom. The van der Waals surface area contributed by atoms with Crippen molar-refractivity contribution in [2.45, 2.75) is 71.1 Å². The maximum absolute atomic E-state index is 6.43. The number of rotatable bonds is 18. The molecular formula is C30H40O4Ti. The summed E-state index contributed by atoms with van der Waals surface area (Å²) in [6, 6.07) is 29.0. The van der Waals surface area contributed by atoms with E-state index in [9.17, 15) is 0 Å². The Balaban J connectivity index is 1.60. The summed E-state index contributed by atoms with van der Waals surface area (Å²) in [5.74, 6) is 2.05. The fourth-order valence-corrected chi connectivity index (χ4v) is 6.91. The van der Waals surface area contributed by atoms with Crippen LogP contribution in [0.5, 0.6) is 17.2 Å². The molecule has 5 heteroatoms. The van der Waals surface area contributed by atoms with Gasteiger partial charge in [-0.05, 0) is 0 Å². The van der Waals surface area contributed by atoms with E-state index in [0.29, 0.717) is 23.9 Å². The Hall–Kier alpha value is -2.27. The van der Waals surface area contributed by atoms with E-state index in [0.717, 1.165) is 12.8 Å². The van der Waals surface area contributed by atoms with Gasteiger partial charge in [-0.2, -0.15) is 0 Å². The topological polar surface area (TPSA) is 36.9 Å². The van der Waals surface area contributed by atoms with Crippen LogP contribution in [0.15, 0.2) is 91.0 Å². The fraction of sp³-hybridized carbons (Fsp3) is 0.400. The molecule has 0 aliphatic carbocycles. The Kier molecular flexibility index (Phi) is 12.8. The summed E-state index contributed by atoms with van der Waals surface area (Å²) in [6.07, 6.45) is 12.7. The van der Waals surface area contributed by atoms with Crippen molar-refractivity contribution in [1.82, 2.24) is 0 Å². The number of benzene rings is 3. The minimum absolute atomic E-state index is 0.545. The molecule has 0 saturated heterocycles. The Bertz CT molecular complexity index is 804. The third-order valence-electron chi connectivity index (χ3n) is 5.73. The van der Waals surface area contributed by atoms with Gasteiger partial charge in [0, 0.05) is 0 Å². The van der Waals surface area contributed by atoms with Crippen LogP contribution < -0.4 is 9.96 Å². The van der Waals surface area contributed by atoms with Gasteiger partial charge in [-0.25, -0.2) is 0 Å². The van der Waals surface area contributed by atoms with E-state index >= 15 is 0 Å². The van der Waals surface area contributed by atoms with E-state index < -0.39 is 18.1 Å². The zero-order valence-corrected chi connectivity index (χ0v) is 22.6.